The number of nitrogens with zero attached hydrogens (tertiary/aromatic N) is 1. The highest BCUT2D eigenvalue weighted by molar-refractivity contribution is 5.94. The fourth-order valence-electron chi connectivity index (χ4n) is 3.51. The van der Waals surface area contributed by atoms with Gasteiger partial charge in [-0.25, -0.2) is 4.79 Å². The van der Waals surface area contributed by atoms with Gasteiger partial charge in [0.2, 0.25) is 0 Å². The molecule has 0 unspecified atom stereocenters. The Morgan fingerprint density at radius 1 is 1.12 bits per heavy atom. The van der Waals surface area contributed by atoms with Crippen molar-refractivity contribution in [3.8, 4) is 11.5 Å². The average molecular weight is 352 g/mol. The van der Waals surface area contributed by atoms with Crippen LogP contribution in [0.3, 0.4) is 0 Å². The van der Waals surface area contributed by atoms with Crippen molar-refractivity contribution in [2.24, 2.45) is 0 Å². The fourth-order valence-corrected chi connectivity index (χ4v) is 3.51. The molecule has 0 bridgehead atoms. The second-order valence-electron chi connectivity index (χ2n) is 7.43. The summed E-state index contributed by atoms with van der Waals surface area (Å²) in [6, 6.07) is 14.1. The lowest BCUT2D eigenvalue weighted by atomic mass is 9.84. The summed E-state index contributed by atoms with van der Waals surface area (Å²) in [5.41, 5.74) is 3.14. The standard InChI is InChI=1S/C21H24N2O3/c1-21(2,16-7-8-18-19(13-16)26-12-11-25-18)14-22-20(24)23-10-9-15-5-3-4-6-17(15)23/h3-8,13H,9-12,14H2,1-2H3,(H,22,24). The summed E-state index contributed by atoms with van der Waals surface area (Å²) in [4.78, 5) is 14.5. The normalized spacial score (nSPS) is 15.5. The molecule has 4 rings (SSSR count). The Bertz CT molecular complexity index is 832. The molecule has 0 fully saturated rings. The first kappa shape index (κ1) is 16.8. The Labute approximate surface area is 153 Å². The van der Waals surface area contributed by atoms with E-state index in [0.717, 1.165) is 35.7 Å². The number of ether oxygens (including phenoxy) is 2. The summed E-state index contributed by atoms with van der Waals surface area (Å²) in [5.74, 6) is 1.56. The zero-order chi connectivity index (χ0) is 18.1. The van der Waals surface area contributed by atoms with Crippen LogP contribution in [0.4, 0.5) is 10.5 Å². The van der Waals surface area contributed by atoms with E-state index in [-0.39, 0.29) is 11.4 Å². The van der Waals surface area contributed by atoms with Crippen molar-refractivity contribution in [2.75, 3.05) is 31.2 Å². The number of hydrogen-bond acceptors (Lipinski definition) is 3. The maximum Gasteiger partial charge on any atom is 0.321 e. The highest BCUT2D eigenvalue weighted by Crippen LogP contribution is 2.35. The smallest absolute Gasteiger partial charge is 0.321 e. The van der Waals surface area contributed by atoms with Gasteiger partial charge < -0.3 is 14.8 Å². The van der Waals surface area contributed by atoms with Crippen LogP contribution >= 0.6 is 0 Å². The van der Waals surface area contributed by atoms with Gasteiger partial charge >= 0.3 is 6.03 Å². The predicted molar refractivity (Wildman–Crippen MR) is 101 cm³/mol. The number of urea groups is 1. The number of carbonyl (C=O) groups is 1. The zero-order valence-electron chi connectivity index (χ0n) is 15.2. The van der Waals surface area contributed by atoms with E-state index in [4.69, 9.17) is 9.47 Å². The Hall–Kier alpha value is -2.69. The summed E-state index contributed by atoms with van der Waals surface area (Å²) >= 11 is 0. The topological polar surface area (TPSA) is 50.8 Å². The fraction of sp³-hybridized carbons (Fsp3) is 0.381. The third-order valence-corrected chi connectivity index (χ3v) is 5.14. The lowest BCUT2D eigenvalue weighted by Gasteiger charge is -2.29. The van der Waals surface area contributed by atoms with Crippen molar-refractivity contribution < 1.29 is 14.3 Å². The van der Waals surface area contributed by atoms with Crippen molar-refractivity contribution in [3.63, 3.8) is 0 Å². The first-order valence-corrected chi connectivity index (χ1v) is 9.08. The Balaban J connectivity index is 1.44. The lowest BCUT2D eigenvalue weighted by Crippen LogP contribution is -2.44. The van der Waals surface area contributed by atoms with Crippen LogP contribution in [0.25, 0.3) is 0 Å². The van der Waals surface area contributed by atoms with Crippen molar-refractivity contribution in [3.05, 3.63) is 53.6 Å². The first-order chi connectivity index (χ1) is 12.5. The predicted octanol–water partition coefficient (Wildman–Crippen LogP) is 3.51. The number of hydrogen-bond donors (Lipinski definition) is 1. The third kappa shape index (κ3) is 3.09. The molecule has 2 heterocycles. The summed E-state index contributed by atoms with van der Waals surface area (Å²) in [7, 11) is 0. The van der Waals surface area contributed by atoms with Gasteiger partial charge in [0.15, 0.2) is 11.5 Å². The van der Waals surface area contributed by atoms with E-state index in [2.05, 4.69) is 25.2 Å². The number of rotatable bonds is 3. The van der Waals surface area contributed by atoms with Crippen LogP contribution < -0.4 is 19.7 Å². The quantitative estimate of drug-likeness (QED) is 0.920. The monoisotopic (exact) mass is 352 g/mol. The van der Waals surface area contributed by atoms with Gasteiger partial charge in [0.25, 0.3) is 0 Å². The minimum Gasteiger partial charge on any atom is -0.486 e. The maximum absolute atomic E-state index is 12.7. The SMILES string of the molecule is CC(C)(CNC(=O)N1CCc2ccccc21)c1ccc2c(c1)OCCO2. The molecule has 0 spiro atoms. The molecule has 0 radical (unpaired) electrons. The minimum absolute atomic E-state index is 0.0411. The number of para-hydroxylation sites is 1. The molecule has 5 heteroatoms. The first-order valence-electron chi connectivity index (χ1n) is 9.08. The van der Waals surface area contributed by atoms with E-state index in [9.17, 15) is 4.79 Å². The lowest BCUT2D eigenvalue weighted by molar-refractivity contribution is 0.171. The molecule has 2 aliphatic heterocycles. The van der Waals surface area contributed by atoms with E-state index in [0.29, 0.717) is 19.8 Å². The highest BCUT2D eigenvalue weighted by Gasteiger charge is 2.28. The molecule has 2 aliphatic rings. The number of fused-ring (bicyclic) bond motifs is 2. The molecule has 136 valence electrons. The number of carbonyl (C=O) groups excluding carboxylic acids is 1. The Kier molecular flexibility index (Phi) is 4.23. The van der Waals surface area contributed by atoms with Gasteiger partial charge in [0.1, 0.15) is 13.2 Å². The molecule has 0 aliphatic carbocycles. The molecule has 26 heavy (non-hydrogen) atoms. The van der Waals surface area contributed by atoms with Crippen LogP contribution in [0.1, 0.15) is 25.0 Å². The van der Waals surface area contributed by atoms with Crippen LogP contribution in [0, 0.1) is 0 Å². The van der Waals surface area contributed by atoms with Crippen LogP contribution in [0.15, 0.2) is 42.5 Å². The largest absolute Gasteiger partial charge is 0.486 e. The van der Waals surface area contributed by atoms with Crippen molar-refractivity contribution >= 4 is 11.7 Å². The van der Waals surface area contributed by atoms with E-state index < -0.39 is 0 Å². The number of nitrogens with one attached hydrogen (secondary N) is 1. The van der Waals surface area contributed by atoms with E-state index in [1.54, 1.807) is 0 Å². The molecule has 2 aromatic rings. The Morgan fingerprint density at radius 3 is 2.73 bits per heavy atom. The molecule has 0 saturated carbocycles. The third-order valence-electron chi connectivity index (χ3n) is 5.14. The number of benzene rings is 2. The van der Waals surface area contributed by atoms with Gasteiger partial charge in [-0.15, -0.1) is 0 Å². The van der Waals surface area contributed by atoms with Crippen LogP contribution in [0.5, 0.6) is 11.5 Å². The van der Waals surface area contributed by atoms with E-state index in [1.165, 1.54) is 5.56 Å². The van der Waals surface area contributed by atoms with Gasteiger partial charge in [-0.1, -0.05) is 38.1 Å². The van der Waals surface area contributed by atoms with E-state index in [1.807, 2.05) is 41.3 Å². The van der Waals surface area contributed by atoms with E-state index >= 15 is 0 Å². The number of amides is 2. The summed E-state index contributed by atoms with van der Waals surface area (Å²) in [6.45, 7) is 6.68. The molecule has 2 amide bonds. The maximum atomic E-state index is 12.7. The average Bonchev–Trinajstić information content (AvgIpc) is 3.10. The Morgan fingerprint density at radius 2 is 1.88 bits per heavy atom. The molecule has 0 atom stereocenters. The van der Waals surface area contributed by atoms with Crippen molar-refractivity contribution in [2.45, 2.75) is 25.7 Å². The second kappa shape index (κ2) is 6.56. The second-order valence-corrected chi connectivity index (χ2v) is 7.43. The molecule has 2 aromatic carbocycles. The zero-order valence-corrected chi connectivity index (χ0v) is 15.2. The molecule has 5 nitrogen and oxygen atoms in total. The molecule has 1 N–H and O–H groups in total. The molecular formula is C21H24N2O3. The molecule has 0 aromatic heterocycles. The van der Waals surface area contributed by atoms with Crippen LogP contribution in [0.2, 0.25) is 0 Å². The van der Waals surface area contributed by atoms with Crippen molar-refractivity contribution in [1.82, 2.24) is 5.32 Å². The minimum atomic E-state index is -0.218. The van der Waals surface area contributed by atoms with Gasteiger partial charge in [-0.05, 0) is 35.7 Å². The number of anilines is 1. The summed E-state index contributed by atoms with van der Waals surface area (Å²) in [5, 5.41) is 3.10. The molecular weight excluding hydrogens is 328 g/mol. The summed E-state index contributed by atoms with van der Waals surface area (Å²) < 4.78 is 11.3. The highest BCUT2D eigenvalue weighted by atomic mass is 16.6. The molecule has 0 saturated heterocycles. The van der Waals surface area contributed by atoms with Gasteiger partial charge in [-0.3, -0.25) is 4.90 Å². The van der Waals surface area contributed by atoms with Crippen LogP contribution in [-0.4, -0.2) is 32.3 Å². The van der Waals surface area contributed by atoms with Crippen LogP contribution in [-0.2, 0) is 11.8 Å². The summed E-state index contributed by atoms with van der Waals surface area (Å²) in [6.07, 6.45) is 0.912. The van der Waals surface area contributed by atoms with Gasteiger partial charge in [0, 0.05) is 24.2 Å². The van der Waals surface area contributed by atoms with Gasteiger partial charge in [-0.2, -0.15) is 0 Å². The van der Waals surface area contributed by atoms with Crippen molar-refractivity contribution in [1.29, 1.82) is 0 Å². The van der Waals surface area contributed by atoms with Gasteiger partial charge in [0.05, 0.1) is 0 Å².